The number of benzene rings is 1. The van der Waals surface area contributed by atoms with Gasteiger partial charge in [-0.15, -0.1) is 4.73 Å². The summed E-state index contributed by atoms with van der Waals surface area (Å²) in [5.74, 6) is 0. The molecule has 1 aromatic carbocycles. The fourth-order valence-corrected chi connectivity index (χ4v) is 1.50. The van der Waals surface area contributed by atoms with Crippen LogP contribution < -0.4 is 10.4 Å². The predicted molar refractivity (Wildman–Crippen MR) is 55.4 cm³/mol. The van der Waals surface area contributed by atoms with E-state index < -0.39 is 0 Å². The zero-order valence-electron chi connectivity index (χ0n) is 8.10. The summed E-state index contributed by atoms with van der Waals surface area (Å²) in [6.07, 6.45) is 0. The van der Waals surface area contributed by atoms with E-state index in [0.717, 1.165) is 10.1 Å². The largest absolute Gasteiger partial charge is 0.413 e. The Balaban J connectivity index is 2.96. The first-order valence-electron chi connectivity index (χ1n) is 4.37. The van der Waals surface area contributed by atoms with Gasteiger partial charge in [0.25, 0.3) is 5.56 Å². The number of aromatic nitrogens is 1. The Labute approximate surface area is 85.9 Å². The second-order valence-corrected chi connectivity index (χ2v) is 3.01. The highest BCUT2D eigenvalue weighted by Gasteiger charge is 2.07. The molecule has 4 heteroatoms. The molecule has 0 atom stereocenters. The van der Waals surface area contributed by atoms with E-state index in [1.165, 1.54) is 7.11 Å². The summed E-state index contributed by atoms with van der Waals surface area (Å²) in [6.45, 7) is 0. The Morgan fingerprint density at radius 2 is 2.13 bits per heavy atom. The molecule has 1 heterocycles. The predicted octanol–water partition coefficient (Wildman–Crippen LogP) is 0.932. The SMILES string of the molecule is COn1c(C#N)cc2ccccc2c1=O. The number of pyridine rings is 1. The summed E-state index contributed by atoms with van der Waals surface area (Å²) in [4.78, 5) is 16.7. The van der Waals surface area contributed by atoms with Gasteiger partial charge in [-0.05, 0) is 17.5 Å². The number of rotatable bonds is 1. The van der Waals surface area contributed by atoms with Crippen molar-refractivity contribution in [2.24, 2.45) is 0 Å². The van der Waals surface area contributed by atoms with Gasteiger partial charge in [0.1, 0.15) is 13.2 Å². The quantitative estimate of drug-likeness (QED) is 0.688. The zero-order chi connectivity index (χ0) is 10.8. The molecule has 0 amide bonds. The highest BCUT2D eigenvalue weighted by atomic mass is 16.6. The van der Waals surface area contributed by atoms with Crippen LogP contribution in [-0.2, 0) is 0 Å². The normalized spacial score (nSPS) is 9.87. The molecule has 74 valence electrons. The molecule has 0 saturated heterocycles. The van der Waals surface area contributed by atoms with Gasteiger partial charge in [-0.25, -0.2) is 0 Å². The van der Waals surface area contributed by atoms with Gasteiger partial charge in [-0.2, -0.15) is 5.26 Å². The molecule has 0 aliphatic heterocycles. The smallest absolute Gasteiger partial charge is 0.292 e. The maximum atomic E-state index is 11.8. The minimum atomic E-state index is -0.313. The molecule has 0 fully saturated rings. The van der Waals surface area contributed by atoms with Crippen molar-refractivity contribution in [1.82, 2.24) is 4.73 Å². The van der Waals surface area contributed by atoms with Crippen LogP contribution in [0, 0.1) is 11.3 Å². The lowest BCUT2D eigenvalue weighted by Gasteiger charge is -2.06. The molecule has 0 spiro atoms. The van der Waals surface area contributed by atoms with Crippen LogP contribution in [-0.4, -0.2) is 11.8 Å². The monoisotopic (exact) mass is 200 g/mol. The van der Waals surface area contributed by atoms with E-state index >= 15 is 0 Å². The third-order valence-corrected chi connectivity index (χ3v) is 2.18. The van der Waals surface area contributed by atoms with Gasteiger partial charge in [0.05, 0.1) is 5.39 Å². The summed E-state index contributed by atoms with van der Waals surface area (Å²) in [5, 5.41) is 10.1. The van der Waals surface area contributed by atoms with Gasteiger partial charge in [0.2, 0.25) is 0 Å². The lowest BCUT2D eigenvalue weighted by atomic mass is 10.1. The van der Waals surface area contributed by atoms with E-state index in [1.807, 2.05) is 12.1 Å². The molecule has 0 unspecified atom stereocenters. The molecule has 2 rings (SSSR count). The summed E-state index contributed by atoms with van der Waals surface area (Å²) in [6, 6.07) is 10.6. The van der Waals surface area contributed by atoms with Crippen molar-refractivity contribution >= 4 is 10.8 Å². The summed E-state index contributed by atoms with van der Waals surface area (Å²) >= 11 is 0. The lowest BCUT2D eigenvalue weighted by molar-refractivity contribution is 0.156. The van der Waals surface area contributed by atoms with Crippen LogP contribution in [0.5, 0.6) is 0 Å². The highest BCUT2D eigenvalue weighted by Crippen LogP contribution is 2.10. The number of hydrogen-bond donors (Lipinski definition) is 0. The van der Waals surface area contributed by atoms with Crippen LogP contribution in [0.2, 0.25) is 0 Å². The van der Waals surface area contributed by atoms with Crippen LogP contribution in [0.1, 0.15) is 5.69 Å². The molecule has 15 heavy (non-hydrogen) atoms. The Hall–Kier alpha value is -2.28. The lowest BCUT2D eigenvalue weighted by Crippen LogP contribution is -2.27. The minimum absolute atomic E-state index is 0.196. The number of fused-ring (bicyclic) bond motifs is 1. The van der Waals surface area contributed by atoms with Crippen molar-refractivity contribution in [2.75, 3.05) is 7.11 Å². The van der Waals surface area contributed by atoms with Crippen LogP contribution in [0.15, 0.2) is 35.1 Å². The Kier molecular flexibility index (Phi) is 2.14. The van der Waals surface area contributed by atoms with Crippen LogP contribution in [0.4, 0.5) is 0 Å². The Morgan fingerprint density at radius 3 is 2.80 bits per heavy atom. The molecular formula is C11H8N2O2. The van der Waals surface area contributed by atoms with Crippen molar-refractivity contribution in [3.05, 3.63) is 46.4 Å². The highest BCUT2D eigenvalue weighted by molar-refractivity contribution is 5.82. The average Bonchev–Trinajstić information content (AvgIpc) is 2.29. The van der Waals surface area contributed by atoms with Gasteiger partial charge < -0.3 is 4.84 Å². The van der Waals surface area contributed by atoms with Gasteiger partial charge in [0.15, 0.2) is 5.69 Å². The standard InChI is InChI=1S/C11H8N2O2/c1-15-13-9(7-12)6-8-4-2-3-5-10(8)11(13)14/h2-6H,1H3. The molecular weight excluding hydrogens is 192 g/mol. The van der Waals surface area contributed by atoms with Crippen molar-refractivity contribution in [1.29, 1.82) is 5.26 Å². The third-order valence-electron chi connectivity index (χ3n) is 2.18. The Bertz CT molecular complexity index is 608. The van der Waals surface area contributed by atoms with Gasteiger partial charge >= 0.3 is 0 Å². The molecule has 0 N–H and O–H groups in total. The van der Waals surface area contributed by atoms with E-state index in [0.29, 0.717) is 5.39 Å². The molecule has 4 nitrogen and oxygen atoms in total. The first-order valence-corrected chi connectivity index (χ1v) is 4.37. The maximum Gasteiger partial charge on any atom is 0.292 e. The molecule has 1 aromatic heterocycles. The first-order chi connectivity index (χ1) is 7.27. The summed E-state index contributed by atoms with van der Waals surface area (Å²) < 4.78 is 0.988. The second-order valence-electron chi connectivity index (χ2n) is 3.01. The van der Waals surface area contributed by atoms with E-state index in [4.69, 9.17) is 10.1 Å². The zero-order valence-corrected chi connectivity index (χ0v) is 8.10. The van der Waals surface area contributed by atoms with Crippen molar-refractivity contribution in [3.8, 4) is 6.07 Å². The van der Waals surface area contributed by atoms with Gasteiger partial charge in [-0.3, -0.25) is 4.79 Å². The van der Waals surface area contributed by atoms with E-state index in [1.54, 1.807) is 24.3 Å². The topological polar surface area (TPSA) is 55.0 Å². The maximum absolute atomic E-state index is 11.8. The van der Waals surface area contributed by atoms with E-state index in [9.17, 15) is 4.79 Å². The van der Waals surface area contributed by atoms with Crippen molar-refractivity contribution in [3.63, 3.8) is 0 Å². The van der Waals surface area contributed by atoms with E-state index in [-0.39, 0.29) is 11.3 Å². The fourth-order valence-electron chi connectivity index (χ4n) is 1.50. The number of nitrogens with zero attached hydrogens (tertiary/aromatic N) is 2. The van der Waals surface area contributed by atoms with E-state index in [2.05, 4.69) is 0 Å². The van der Waals surface area contributed by atoms with Crippen LogP contribution in [0.25, 0.3) is 10.8 Å². The second kappa shape index (κ2) is 3.46. The molecule has 0 bridgehead atoms. The minimum Gasteiger partial charge on any atom is -0.413 e. The molecule has 0 radical (unpaired) electrons. The fraction of sp³-hybridized carbons (Fsp3) is 0.0909. The Morgan fingerprint density at radius 1 is 1.40 bits per heavy atom. The van der Waals surface area contributed by atoms with Crippen LogP contribution >= 0.6 is 0 Å². The van der Waals surface area contributed by atoms with Crippen LogP contribution in [0.3, 0.4) is 0 Å². The molecule has 0 aliphatic rings. The molecule has 0 aliphatic carbocycles. The third kappa shape index (κ3) is 1.34. The van der Waals surface area contributed by atoms with Gasteiger partial charge in [-0.1, -0.05) is 18.2 Å². The van der Waals surface area contributed by atoms with Gasteiger partial charge in [0, 0.05) is 0 Å². The number of nitriles is 1. The molecule has 0 saturated carbocycles. The van der Waals surface area contributed by atoms with Crippen molar-refractivity contribution in [2.45, 2.75) is 0 Å². The number of hydrogen-bond acceptors (Lipinski definition) is 3. The molecule has 2 aromatic rings. The average molecular weight is 200 g/mol. The summed E-state index contributed by atoms with van der Waals surface area (Å²) in [7, 11) is 1.36. The van der Waals surface area contributed by atoms with Crippen molar-refractivity contribution < 1.29 is 4.84 Å². The summed E-state index contributed by atoms with van der Waals surface area (Å²) in [5.41, 5.74) is -0.117. The first kappa shape index (κ1) is 9.28.